The van der Waals surface area contributed by atoms with Gasteiger partial charge in [0.25, 0.3) is 0 Å². The van der Waals surface area contributed by atoms with Crippen molar-refractivity contribution in [1.82, 2.24) is 25.1 Å². The molecule has 1 atom stereocenters. The molecule has 8 heteroatoms. The zero-order chi connectivity index (χ0) is 23.2. The molecule has 1 aliphatic heterocycles. The molecule has 2 aromatic heterocycles. The molecule has 1 saturated heterocycles. The van der Waals surface area contributed by atoms with Crippen molar-refractivity contribution in [2.24, 2.45) is 0 Å². The lowest BCUT2D eigenvalue weighted by atomic mass is 10.1. The molecular formula is C25H31N5O3. The molecule has 3 heterocycles. The molecule has 8 nitrogen and oxygen atoms in total. The SMILES string of the molecule is CCOc1ccc(Cc2cccc(C3CN(C(=O)Cc4nc(C(C)C)n[nH]4)CCO3)n2)cc1. The van der Waals surface area contributed by atoms with Crippen LogP contribution in [0.15, 0.2) is 42.5 Å². The van der Waals surface area contributed by atoms with Crippen LogP contribution in [0.1, 0.15) is 61.4 Å². The number of amides is 1. The Morgan fingerprint density at radius 1 is 1.21 bits per heavy atom. The fraction of sp³-hybridized carbons (Fsp3) is 0.440. The van der Waals surface area contributed by atoms with Gasteiger partial charge in [0, 0.05) is 24.6 Å². The zero-order valence-electron chi connectivity index (χ0n) is 19.5. The largest absolute Gasteiger partial charge is 0.494 e. The third kappa shape index (κ3) is 5.96. The van der Waals surface area contributed by atoms with Gasteiger partial charge < -0.3 is 14.4 Å². The lowest BCUT2D eigenvalue weighted by Gasteiger charge is -2.32. The number of carbonyl (C=O) groups excluding carboxylic acids is 1. The number of rotatable bonds is 8. The zero-order valence-corrected chi connectivity index (χ0v) is 19.5. The van der Waals surface area contributed by atoms with Gasteiger partial charge in [-0.1, -0.05) is 32.0 Å². The highest BCUT2D eigenvalue weighted by atomic mass is 16.5. The van der Waals surface area contributed by atoms with E-state index in [4.69, 9.17) is 14.5 Å². The van der Waals surface area contributed by atoms with E-state index in [-0.39, 0.29) is 24.3 Å². The van der Waals surface area contributed by atoms with Gasteiger partial charge in [0.05, 0.1) is 31.9 Å². The van der Waals surface area contributed by atoms with Gasteiger partial charge in [-0.25, -0.2) is 4.98 Å². The Balaban J connectivity index is 1.38. The minimum Gasteiger partial charge on any atom is -0.494 e. The molecule has 4 rings (SSSR count). The van der Waals surface area contributed by atoms with Crippen LogP contribution in [0, 0.1) is 0 Å². The third-order valence-corrected chi connectivity index (χ3v) is 5.58. The maximum absolute atomic E-state index is 12.9. The Hall–Kier alpha value is -3.26. The van der Waals surface area contributed by atoms with E-state index in [0.717, 1.165) is 34.9 Å². The van der Waals surface area contributed by atoms with Crippen molar-refractivity contribution in [2.45, 2.75) is 45.6 Å². The number of aromatic amines is 1. The molecule has 0 spiro atoms. The monoisotopic (exact) mass is 449 g/mol. The van der Waals surface area contributed by atoms with Crippen molar-refractivity contribution >= 4 is 5.91 Å². The standard InChI is InChI=1S/C25H31N5O3/c1-4-32-20-10-8-18(9-11-20)14-19-6-5-7-21(26-19)22-16-30(12-13-33-22)24(31)15-23-27-25(17(2)3)29-28-23/h5-11,17,22H,4,12-16H2,1-3H3,(H,27,28,29). The van der Waals surface area contributed by atoms with E-state index in [0.29, 0.717) is 32.1 Å². The van der Waals surface area contributed by atoms with Crippen LogP contribution in [-0.2, 0) is 22.4 Å². The predicted molar refractivity (Wildman–Crippen MR) is 124 cm³/mol. The number of ether oxygens (including phenoxy) is 2. The number of hydrogen-bond donors (Lipinski definition) is 1. The van der Waals surface area contributed by atoms with Gasteiger partial charge in [0.15, 0.2) is 5.82 Å². The lowest BCUT2D eigenvalue weighted by Crippen LogP contribution is -2.43. The molecule has 1 aliphatic rings. The van der Waals surface area contributed by atoms with Crippen LogP contribution in [0.5, 0.6) is 5.75 Å². The fourth-order valence-electron chi connectivity index (χ4n) is 3.81. The topological polar surface area (TPSA) is 93.2 Å². The van der Waals surface area contributed by atoms with Crippen LogP contribution in [0.4, 0.5) is 0 Å². The summed E-state index contributed by atoms with van der Waals surface area (Å²) < 4.78 is 11.5. The van der Waals surface area contributed by atoms with Gasteiger partial charge in [0.2, 0.25) is 5.91 Å². The van der Waals surface area contributed by atoms with Gasteiger partial charge in [-0.15, -0.1) is 0 Å². The van der Waals surface area contributed by atoms with Crippen molar-refractivity contribution in [3.63, 3.8) is 0 Å². The molecule has 3 aromatic rings. The van der Waals surface area contributed by atoms with Crippen molar-refractivity contribution in [3.8, 4) is 5.75 Å². The maximum atomic E-state index is 12.9. The van der Waals surface area contributed by atoms with Crippen molar-refractivity contribution in [2.75, 3.05) is 26.3 Å². The third-order valence-electron chi connectivity index (χ3n) is 5.58. The Morgan fingerprint density at radius 3 is 2.76 bits per heavy atom. The number of nitrogens with one attached hydrogen (secondary N) is 1. The molecule has 0 saturated carbocycles. The summed E-state index contributed by atoms with van der Waals surface area (Å²) in [6.45, 7) is 8.20. The Kier molecular flexibility index (Phi) is 7.34. The van der Waals surface area contributed by atoms with Gasteiger partial charge in [-0.3, -0.25) is 14.9 Å². The first-order chi connectivity index (χ1) is 16.0. The van der Waals surface area contributed by atoms with Gasteiger partial charge in [-0.05, 0) is 36.8 Å². The Labute approximate surface area is 194 Å². The highest BCUT2D eigenvalue weighted by molar-refractivity contribution is 5.78. The molecule has 0 aliphatic carbocycles. The first-order valence-corrected chi connectivity index (χ1v) is 11.5. The first-order valence-electron chi connectivity index (χ1n) is 11.5. The van der Waals surface area contributed by atoms with E-state index >= 15 is 0 Å². The number of H-pyrrole nitrogens is 1. The summed E-state index contributed by atoms with van der Waals surface area (Å²) >= 11 is 0. The van der Waals surface area contributed by atoms with Gasteiger partial charge >= 0.3 is 0 Å². The van der Waals surface area contributed by atoms with Crippen LogP contribution in [0.25, 0.3) is 0 Å². The summed E-state index contributed by atoms with van der Waals surface area (Å²) in [5.41, 5.74) is 2.97. The van der Waals surface area contributed by atoms with Crippen LogP contribution in [-0.4, -0.2) is 57.3 Å². The van der Waals surface area contributed by atoms with Crippen LogP contribution < -0.4 is 4.74 Å². The molecule has 0 radical (unpaired) electrons. The van der Waals surface area contributed by atoms with Crippen molar-refractivity contribution in [1.29, 1.82) is 0 Å². The number of morpholine rings is 1. The molecule has 1 amide bonds. The Morgan fingerprint density at radius 2 is 2.03 bits per heavy atom. The van der Waals surface area contributed by atoms with Gasteiger partial charge in [-0.2, -0.15) is 5.10 Å². The van der Waals surface area contributed by atoms with Crippen molar-refractivity contribution < 1.29 is 14.3 Å². The highest BCUT2D eigenvalue weighted by Gasteiger charge is 2.27. The smallest absolute Gasteiger partial charge is 0.230 e. The minimum absolute atomic E-state index is 0.0142. The van der Waals surface area contributed by atoms with E-state index in [9.17, 15) is 4.79 Å². The number of hydrogen-bond acceptors (Lipinski definition) is 6. The average molecular weight is 450 g/mol. The molecule has 1 unspecified atom stereocenters. The summed E-state index contributed by atoms with van der Waals surface area (Å²) in [5, 5.41) is 7.07. The van der Waals surface area contributed by atoms with E-state index in [1.807, 2.05) is 56.0 Å². The Bertz CT molecular complexity index is 1060. The second-order valence-corrected chi connectivity index (χ2v) is 8.48. The molecule has 174 valence electrons. The predicted octanol–water partition coefficient (Wildman–Crippen LogP) is 3.46. The maximum Gasteiger partial charge on any atom is 0.230 e. The van der Waals surface area contributed by atoms with Crippen LogP contribution >= 0.6 is 0 Å². The highest BCUT2D eigenvalue weighted by Crippen LogP contribution is 2.22. The summed E-state index contributed by atoms with van der Waals surface area (Å²) in [4.78, 5) is 23.9. The second kappa shape index (κ2) is 10.6. The number of carbonyl (C=O) groups is 1. The molecular weight excluding hydrogens is 418 g/mol. The number of nitrogens with zero attached hydrogens (tertiary/aromatic N) is 4. The molecule has 1 aromatic carbocycles. The molecule has 1 N–H and O–H groups in total. The van der Waals surface area contributed by atoms with E-state index in [1.165, 1.54) is 0 Å². The van der Waals surface area contributed by atoms with E-state index in [2.05, 4.69) is 27.3 Å². The molecule has 33 heavy (non-hydrogen) atoms. The molecule has 0 bridgehead atoms. The first kappa shape index (κ1) is 22.9. The quantitative estimate of drug-likeness (QED) is 0.566. The fourth-order valence-corrected chi connectivity index (χ4v) is 3.81. The summed E-state index contributed by atoms with van der Waals surface area (Å²) in [5.74, 6) is 2.43. The summed E-state index contributed by atoms with van der Waals surface area (Å²) in [7, 11) is 0. The van der Waals surface area contributed by atoms with Crippen LogP contribution in [0.3, 0.4) is 0 Å². The van der Waals surface area contributed by atoms with E-state index < -0.39 is 0 Å². The number of benzene rings is 1. The minimum atomic E-state index is -0.246. The van der Waals surface area contributed by atoms with E-state index in [1.54, 1.807) is 0 Å². The summed E-state index contributed by atoms with van der Waals surface area (Å²) in [6, 6.07) is 14.1. The normalized spacial score (nSPS) is 16.2. The molecule has 1 fully saturated rings. The lowest BCUT2D eigenvalue weighted by molar-refractivity contribution is -0.138. The summed E-state index contributed by atoms with van der Waals surface area (Å²) in [6.07, 6.45) is 0.681. The number of aromatic nitrogens is 4. The van der Waals surface area contributed by atoms with Crippen LogP contribution in [0.2, 0.25) is 0 Å². The van der Waals surface area contributed by atoms with Gasteiger partial charge in [0.1, 0.15) is 17.7 Å². The second-order valence-electron chi connectivity index (χ2n) is 8.48. The average Bonchev–Trinajstić information content (AvgIpc) is 3.30. The number of pyridine rings is 1. The van der Waals surface area contributed by atoms with Crippen molar-refractivity contribution in [3.05, 3.63) is 71.1 Å².